The Kier molecular flexibility index (Phi) is 6.94. The molecule has 0 heterocycles. The molecule has 142 valence electrons. The summed E-state index contributed by atoms with van der Waals surface area (Å²) in [6, 6.07) is 5.83. The molecule has 1 aliphatic rings. The summed E-state index contributed by atoms with van der Waals surface area (Å²) in [7, 11) is 0. The number of benzene rings is 1. The van der Waals surface area contributed by atoms with Gasteiger partial charge in [0.1, 0.15) is 0 Å². The maximum Gasteiger partial charge on any atom is 0.344 e. The standard InChI is InChI=1S/C18H24N2O6/c1-12-6-5-7-14(13(12)2)19-17(21)10-26-18(22)11-25-16-9-4-3-8-15(16)20(23)24/h3-4,8-9,12-14H,5-7,10-11H2,1-2H3,(H,19,21)/t12-,13-,14+/m1/s1. The van der Waals surface area contributed by atoms with Crippen molar-refractivity contribution >= 4 is 17.6 Å². The molecule has 0 aliphatic heterocycles. The van der Waals surface area contributed by atoms with Crippen LogP contribution in [0.2, 0.25) is 0 Å². The summed E-state index contributed by atoms with van der Waals surface area (Å²) in [6.07, 6.45) is 3.15. The Balaban J connectivity index is 1.75. The van der Waals surface area contributed by atoms with E-state index in [0.29, 0.717) is 11.8 Å². The summed E-state index contributed by atoms with van der Waals surface area (Å²) >= 11 is 0. The predicted molar refractivity (Wildman–Crippen MR) is 93.7 cm³/mol. The Morgan fingerprint density at radius 1 is 1.23 bits per heavy atom. The van der Waals surface area contributed by atoms with Crippen LogP contribution in [0.15, 0.2) is 24.3 Å². The van der Waals surface area contributed by atoms with Gasteiger partial charge in [-0.05, 0) is 24.3 Å². The van der Waals surface area contributed by atoms with Crippen LogP contribution in [-0.4, -0.2) is 36.1 Å². The number of hydrogen-bond acceptors (Lipinski definition) is 6. The van der Waals surface area contributed by atoms with E-state index in [1.54, 1.807) is 6.07 Å². The largest absolute Gasteiger partial charge is 0.475 e. The number of para-hydroxylation sites is 2. The topological polar surface area (TPSA) is 108 Å². The quantitative estimate of drug-likeness (QED) is 0.452. The highest BCUT2D eigenvalue weighted by Gasteiger charge is 2.28. The van der Waals surface area contributed by atoms with Crippen molar-refractivity contribution in [2.75, 3.05) is 13.2 Å². The van der Waals surface area contributed by atoms with Crippen molar-refractivity contribution in [1.82, 2.24) is 5.32 Å². The molecule has 1 N–H and O–H groups in total. The van der Waals surface area contributed by atoms with Crippen molar-refractivity contribution in [2.45, 2.75) is 39.2 Å². The summed E-state index contributed by atoms with van der Waals surface area (Å²) < 4.78 is 10.0. The Morgan fingerprint density at radius 3 is 2.69 bits per heavy atom. The zero-order valence-corrected chi connectivity index (χ0v) is 15.0. The second-order valence-electron chi connectivity index (χ2n) is 6.62. The number of nitro groups is 1. The Morgan fingerprint density at radius 2 is 1.96 bits per heavy atom. The fourth-order valence-electron chi connectivity index (χ4n) is 3.09. The molecule has 1 amide bonds. The molecule has 8 nitrogen and oxygen atoms in total. The van der Waals surface area contributed by atoms with E-state index in [1.807, 2.05) is 0 Å². The third-order valence-electron chi connectivity index (χ3n) is 4.82. The van der Waals surface area contributed by atoms with Gasteiger partial charge in [0.05, 0.1) is 4.92 Å². The van der Waals surface area contributed by atoms with Crippen LogP contribution in [0.25, 0.3) is 0 Å². The number of nitrogens with one attached hydrogen (secondary N) is 1. The average Bonchev–Trinajstić information content (AvgIpc) is 2.62. The lowest BCUT2D eigenvalue weighted by atomic mass is 9.78. The molecule has 2 rings (SSSR count). The molecule has 1 aromatic rings. The molecule has 1 saturated carbocycles. The van der Waals surface area contributed by atoms with Gasteiger partial charge < -0.3 is 14.8 Å². The van der Waals surface area contributed by atoms with Crippen LogP contribution >= 0.6 is 0 Å². The minimum Gasteiger partial charge on any atom is -0.475 e. The van der Waals surface area contributed by atoms with Crippen molar-refractivity contribution in [3.63, 3.8) is 0 Å². The normalized spacial score (nSPS) is 22.3. The van der Waals surface area contributed by atoms with E-state index in [2.05, 4.69) is 19.2 Å². The Hall–Kier alpha value is -2.64. The fraction of sp³-hybridized carbons (Fsp3) is 0.556. The number of ether oxygens (including phenoxy) is 2. The summed E-state index contributed by atoms with van der Waals surface area (Å²) in [5, 5.41) is 13.8. The first-order chi connectivity index (χ1) is 12.4. The summed E-state index contributed by atoms with van der Waals surface area (Å²) in [4.78, 5) is 34.0. The van der Waals surface area contributed by atoms with E-state index in [0.717, 1.165) is 19.3 Å². The molecule has 1 aliphatic carbocycles. The van der Waals surface area contributed by atoms with E-state index in [4.69, 9.17) is 9.47 Å². The molecule has 8 heteroatoms. The van der Waals surface area contributed by atoms with Gasteiger partial charge in [0.2, 0.25) is 0 Å². The van der Waals surface area contributed by atoms with Crippen LogP contribution in [0.5, 0.6) is 5.75 Å². The third kappa shape index (κ3) is 5.44. The van der Waals surface area contributed by atoms with Gasteiger partial charge in [0, 0.05) is 12.1 Å². The van der Waals surface area contributed by atoms with E-state index in [-0.39, 0.29) is 23.4 Å². The van der Waals surface area contributed by atoms with Gasteiger partial charge in [0.15, 0.2) is 19.0 Å². The number of esters is 1. The predicted octanol–water partition coefficient (Wildman–Crippen LogP) is 2.46. The zero-order valence-electron chi connectivity index (χ0n) is 15.0. The number of nitro benzene ring substituents is 1. The summed E-state index contributed by atoms with van der Waals surface area (Å²) in [6.45, 7) is 3.39. The third-order valence-corrected chi connectivity index (χ3v) is 4.82. The fourth-order valence-corrected chi connectivity index (χ4v) is 3.09. The molecule has 0 saturated heterocycles. The van der Waals surface area contributed by atoms with Crippen LogP contribution in [-0.2, 0) is 14.3 Å². The Bertz CT molecular complexity index is 663. The van der Waals surface area contributed by atoms with Crippen molar-refractivity contribution in [2.24, 2.45) is 11.8 Å². The van der Waals surface area contributed by atoms with Crippen LogP contribution in [0, 0.1) is 22.0 Å². The maximum absolute atomic E-state index is 12.0. The molecule has 0 spiro atoms. The molecule has 0 radical (unpaired) electrons. The van der Waals surface area contributed by atoms with Crippen LogP contribution in [0.3, 0.4) is 0 Å². The average molecular weight is 364 g/mol. The van der Waals surface area contributed by atoms with E-state index < -0.39 is 24.1 Å². The minimum absolute atomic E-state index is 0.0241. The second-order valence-corrected chi connectivity index (χ2v) is 6.62. The number of carbonyl (C=O) groups excluding carboxylic acids is 2. The monoisotopic (exact) mass is 364 g/mol. The summed E-state index contributed by atoms with van der Waals surface area (Å²) in [5.41, 5.74) is -0.238. The number of hydrogen-bond donors (Lipinski definition) is 1. The van der Waals surface area contributed by atoms with Gasteiger partial charge in [-0.25, -0.2) is 4.79 Å². The lowest BCUT2D eigenvalue weighted by molar-refractivity contribution is -0.385. The second kappa shape index (κ2) is 9.17. The molecular weight excluding hydrogens is 340 g/mol. The van der Waals surface area contributed by atoms with Crippen molar-refractivity contribution in [3.8, 4) is 5.75 Å². The molecule has 3 atom stereocenters. The molecule has 1 fully saturated rings. The smallest absolute Gasteiger partial charge is 0.344 e. The lowest BCUT2D eigenvalue weighted by Crippen LogP contribution is -2.45. The van der Waals surface area contributed by atoms with Crippen molar-refractivity contribution in [3.05, 3.63) is 34.4 Å². The Labute approximate surface area is 152 Å². The molecule has 0 aromatic heterocycles. The van der Waals surface area contributed by atoms with Crippen LogP contribution in [0.1, 0.15) is 33.1 Å². The van der Waals surface area contributed by atoms with Crippen LogP contribution in [0.4, 0.5) is 5.69 Å². The van der Waals surface area contributed by atoms with E-state index >= 15 is 0 Å². The highest BCUT2D eigenvalue weighted by Crippen LogP contribution is 2.29. The van der Waals surface area contributed by atoms with Crippen LogP contribution < -0.4 is 10.1 Å². The highest BCUT2D eigenvalue weighted by atomic mass is 16.6. The maximum atomic E-state index is 12.0. The van der Waals surface area contributed by atoms with Crippen molar-refractivity contribution < 1.29 is 24.0 Å². The molecule has 0 unspecified atom stereocenters. The van der Waals surface area contributed by atoms with Gasteiger partial charge in [-0.2, -0.15) is 0 Å². The van der Waals surface area contributed by atoms with Gasteiger partial charge in [-0.3, -0.25) is 14.9 Å². The van der Waals surface area contributed by atoms with E-state index in [1.165, 1.54) is 18.2 Å². The molecular formula is C18H24N2O6. The highest BCUT2D eigenvalue weighted by molar-refractivity contribution is 5.81. The van der Waals surface area contributed by atoms with Gasteiger partial charge in [-0.15, -0.1) is 0 Å². The molecule has 26 heavy (non-hydrogen) atoms. The SMILES string of the molecule is C[C@@H]1[C@H](C)CCC[C@@H]1NC(=O)COC(=O)COc1ccccc1[N+](=O)[O-]. The number of rotatable bonds is 7. The first kappa shape index (κ1) is 19.7. The minimum atomic E-state index is -0.761. The number of amides is 1. The number of carbonyl (C=O) groups is 2. The van der Waals surface area contributed by atoms with Gasteiger partial charge >= 0.3 is 11.7 Å². The first-order valence-corrected chi connectivity index (χ1v) is 8.69. The molecule has 0 bridgehead atoms. The van der Waals surface area contributed by atoms with Crippen molar-refractivity contribution in [1.29, 1.82) is 0 Å². The van der Waals surface area contributed by atoms with E-state index in [9.17, 15) is 19.7 Å². The lowest BCUT2D eigenvalue weighted by Gasteiger charge is -2.34. The zero-order chi connectivity index (χ0) is 19.1. The van der Waals surface area contributed by atoms with Gasteiger partial charge in [-0.1, -0.05) is 38.8 Å². The summed E-state index contributed by atoms with van der Waals surface area (Å²) in [5.74, 6) is -0.209. The first-order valence-electron chi connectivity index (χ1n) is 8.69. The number of nitrogens with zero attached hydrogens (tertiary/aromatic N) is 1. The molecule has 1 aromatic carbocycles. The van der Waals surface area contributed by atoms with Gasteiger partial charge in [0.25, 0.3) is 5.91 Å².